The van der Waals surface area contributed by atoms with Crippen molar-refractivity contribution in [2.24, 2.45) is 14.1 Å². The zero-order valence-electron chi connectivity index (χ0n) is 13.2. The number of hydrogen-bond acceptors (Lipinski definition) is 6. The number of rotatable bonds is 6. The normalized spacial score (nSPS) is 10.9. The van der Waals surface area contributed by atoms with Crippen LogP contribution in [0, 0.1) is 0 Å². The van der Waals surface area contributed by atoms with Gasteiger partial charge in [-0.15, -0.1) is 6.58 Å². The largest absolute Gasteiger partial charge is 0.465 e. The van der Waals surface area contributed by atoms with Crippen LogP contribution < -0.4 is 11.2 Å². The van der Waals surface area contributed by atoms with Crippen LogP contribution >= 0.6 is 11.8 Å². The fourth-order valence-corrected chi connectivity index (χ4v) is 2.96. The molecule has 2 aromatic rings. The maximum atomic E-state index is 12.4. The first-order valence-corrected chi connectivity index (χ1v) is 7.96. The van der Waals surface area contributed by atoms with Crippen molar-refractivity contribution in [3.8, 4) is 0 Å². The molecule has 2 aromatic heterocycles. The Morgan fingerprint density at radius 3 is 2.65 bits per heavy atom. The molecule has 0 radical (unpaired) electrons. The average molecular weight is 338 g/mol. The molecule has 0 aliphatic heterocycles. The van der Waals surface area contributed by atoms with Gasteiger partial charge in [0, 0.05) is 20.6 Å². The molecule has 0 spiro atoms. The number of hydrogen-bond donors (Lipinski definition) is 0. The quantitative estimate of drug-likeness (QED) is 0.427. The van der Waals surface area contributed by atoms with E-state index in [9.17, 15) is 14.4 Å². The van der Waals surface area contributed by atoms with Gasteiger partial charge >= 0.3 is 11.7 Å². The lowest BCUT2D eigenvalue weighted by Crippen LogP contribution is -2.37. The molecule has 0 saturated carbocycles. The van der Waals surface area contributed by atoms with Crippen LogP contribution in [-0.4, -0.2) is 37.0 Å². The Balaban J connectivity index is 2.59. The standard InChI is InChI=1S/C14H18N4O4S/c1-5-7-18-10-11(16(3)14(21)17(4)12(10)20)15-13(18)23-8-9(19)22-6-2/h5H,1,6-8H2,2-4H3. The van der Waals surface area contributed by atoms with Crippen molar-refractivity contribution in [3.05, 3.63) is 33.5 Å². The number of fused-ring (bicyclic) bond motifs is 1. The number of aryl methyl sites for hydroxylation is 1. The highest BCUT2D eigenvalue weighted by molar-refractivity contribution is 7.99. The van der Waals surface area contributed by atoms with Gasteiger partial charge in [0.05, 0.1) is 12.4 Å². The van der Waals surface area contributed by atoms with Crippen LogP contribution in [-0.2, 0) is 30.2 Å². The molecule has 0 unspecified atom stereocenters. The van der Waals surface area contributed by atoms with E-state index in [-0.39, 0.29) is 17.4 Å². The molecule has 9 heteroatoms. The molecule has 0 N–H and O–H groups in total. The molecule has 0 aliphatic carbocycles. The summed E-state index contributed by atoms with van der Waals surface area (Å²) in [5.41, 5.74) is -0.291. The Bertz CT molecular complexity index is 878. The van der Waals surface area contributed by atoms with Gasteiger partial charge in [0.25, 0.3) is 5.56 Å². The second-order valence-corrected chi connectivity index (χ2v) is 5.71. The molecule has 0 aliphatic rings. The molecule has 2 heterocycles. The summed E-state index contributed by atoms with van der Waals surface area (Å²) in [7, 11) is 2.97. The minimum atomic E-state index is -0.451. The molecule has 23 heavy (non-hydrogen) atoms. The molecular formula is C14H18N4O4S. The number of esters is 1. The van der Waals surface area contributed by atoms with Crippen LogP contribution in [0.3, 0.4) is 0 Å². The molecule has 0 bridgehead atoms. The summed E-state index contributed by atoms with van der Waals surface area (Å²) in [5.74, 6) is -0.292. The van der Waals surface area contributed by atoms with Crippen LogP contribution in [0.1, 0.15) is 6.92 Å². The highest BCUT2D eigenvalue weighted by Gasteiger charge is 2.19. The van der Waals surface area contributed by atoms with Gasteiger partial charge in [0.15, 0.2) is 16.3 Å². The summed E-state index contributed by atoms with van der Waals surface area (Å²) in [6.45, 7) is 6.05. The highest BCUT2D eigenvalue weighted by Crippen LogP contribution is 2.21. The summed E-state index contributed by atoms with van der Waals surface area (Å²) in [4.78, 5) is 40.3. The number of ether oxygens (including phenoxy) is 1. The second kappa shape index (κ2) is 6.86. The first-order chi connectivity index (χ1) is 10.9. The molecule has 124 valence electrons. The Hall–Kier alpha value is -2.29. The summed E-state index contributed by atoms with van der Waals surface area (Å²) < 4.78 is 8.87. The van der Waals surface area contributed by atoms with E-state index in [4.69, 9.17) is 4.74 Å². The predicted octanol–water partition coefficient (Wildman–Crippen LogP) is 0.275. The molecule has 8 nitrogen and oxygen atoms in total. The van der Waals surface area contributed by atoms with Crippen molar-refractivity contribution in [2.75, 3.05) is 12.4 Å². The van der Waals surface area contributed by atoms with Gasteiger partial charge in [-0.25, -0.2) is 9.78 Å². The number of carbonyl (C=O) groups is 1. The van der Waals surface area contributed by atoms with E-state index in [1.54, 1.807) is 24.6 Å². The zero-order valence-corrected chi connectivity index (χ0v) is 14.1. The monoisotopic (exact) mass is 338 g/mol. The van der Waals surface area contributed by atoms with Crippen molar-refractivity contribution in [1.82, 2.24) is 18.7 Å². The maximum absolute atomic E-state index is 12.4. The van der Waals surface area contributed by atoms with Crippen molar-refractivity contribution in [2.45, 2.75) is 18.6 Å². The van der Waals surface area contributed by atoms with Gasteiger partial charge in [-0.1, -0.05) is 17.8 Å². The van der Waals surface area contributed by atoms with Crippen LogP contribution in [0.25, 0.3) is 11.2 Å². The fourth-order valence-electron chi connectivity index (χ4n) is 2.16. The Labute approximate surface area is 136 Å². The van der Waals surface area contributed by atoms with E-state index >= 15 is 0 Å². The SMILES string of the molecule is C=CCn1c(SCC(=O)OCC)nc2c1c(=O)n(C)c(=O)n2C. The van der Waals surface area contributed by atoms with Crippen LogP contribution in [0.5, 0.6) is 0 Å². The third-order valence-electron chi connectivity index (χ3n) is 3.25. The lowest BCUT2D eigenvalue weighted by atomic mass is 10.5. The maximum Gasteiger partial charge on any atom is 0.332 e. The van der Waals surface area contributed by atoms with E-state index in [0.717, 1.165) is 16.3 Å². The third-order valence-corrected chi connectivity index (χ3v) is 4.20. The van der Waals surface area contributed by atoms with E-state index in [2.05, 4.69) is 11.6 Å². The van der Waals surface area contributed by atoms with Crippen LogP contribution in [0.4, 0.5) is 0 Å². The van der Waals surface area contributed by atoms with Crippen LogP contribution in [0.2, 0.25) is 0 Å². The molecular weight excluding hydrogens is 320 g/mol. The van der Waals surface area contributed by atoms with Crippen molar-refractivity contribution in [1.29, 1.82) is 0 Å². The first-order valence-electron chi connectivity index (χ1n) is 6.97. The van der Waals surface area contributed by atoms with Gasteiger partial charge in [-0.3, -0.25) is 18.7 Å². The number of allylic oxidation sites excluding steroid dienone is 1. The molecule has 0 aromatic carbocycles. The third kappa shape index (κ3) is 3.09. The highest BCUT2D eigenvalue weighted by atomic mass is 32.2. The van der Waals surface area contributed by atoms with Gasteiger partial charge in [-0.05, 0) is 6.92 Å². The molecule has 0 fully saturated rings. The molecule has 0 amide bonds. The van der Waals surface area contributed by atoms with Crippen LogP contribution in [0.15, 0.2) is 27.4 Å². The van der Waals surface area contributed by atoms with Crippen molar-refractivity contribution in [3.63, 3.8) is 0 Å². The van der Waals surface area contributed by atoms with Gasteiger partial charge < -0.3 is 9.30 Å². The number of imidazole rings is 1. The number of thioether (sulfide) groups is 1. The smallest absolute Gasteiger partial charge is 0.332 e. The Morgan fingerprint density at radius 1 is 1.35 bits per heavy atom. The summed E-state index contributed by atoms with van der Waals surface area (Å²) >= 11 is 1.16. The van der Waals surface area contributed by atoms with Gasteiger partial charge in [0.1, 0.15) is 0 Å². The molecule has 0 atom stereocenters. The number of carbonyl (C=O) groups excluding carboxylic acids is 1. The minimum absolute atomic E-state index is 0.0720. The van der Waals surface area contributed by atoms with E-state index in [0.29, 0.717) is 23.8 Å². The van der Waals surface area contributed by atoms with Crippen molar-refractivity contribution < 1.29 is 9.53 Å². The van der Waals surface area contributed by atoms with E-state index in [1.165, 1.54) is 11.6 Å². The number of nitrogens with zero attached hydrogens (tertiary/aromatic N) is 4. The van der Waals surface area contributed by atoms with Crippen molar-refractivity contribution >= 4 is 28.9 Å². The minimum Gasteiger partial charge on any atom is -0.465 e. The number of aromatic nitrogens is 4. The summed E-state index contributed by atoms with van der Waals surface area (Å²) in [6, 6.07) is 0. The van der Waals surface area contributed by atoms with Gasteiger partial charge in [0.2, 0.25) is 0 Å². The molecule has 2 rings (SSSR count). The molecule has 0 saturated heterocycles. The zero-order chi connectivity index (χ0) is 17.1. The topological polar surface area (TPSA) is 88.1 Å². The summed E-state index contributed by atoms with van der Waals surface area (Å²) in [5, 5.41) is 0.464. The average Bonchev–Trinajstić information content (AvgIpc) is 2.88. The van der Waals surface area contributed by atoms with Gasteiger partial charge in [-0.2, -0.15) is 0 Å². The Morgan fingerprint density at radius 2 is 2.04 bits per heavy atom. The lowest BCUT2D eigenvalue weighted by Gasteiger charge is -2.06. The first kappa shape index (κ1) is 17.1. The van der Waals surface area contributed by atoms with E-state index in [1.807, 2.05) is 0 Å². The predicted molar refractivity (Wildman–Crippen MR) is 87.8 cm³/mol. The summed E-state index contributed by atoms with van der Waals surface area (Å²) in [6.07, 6.45) is 1.63. The lowest BCUT2D eigenvalue weighted by molar-refractivity contribution is -0.139. The van der Waals surface area contributed by atoms with E-state index < -0.39 is 11.2 Å². The Kier molecular flexibility index (Phi) is 5.09. The fraction of sp³-hybridized carbons (Fsp3) is 0.429. The second-order valence-electron chi connectivity index (χ2n) is 4.77.